The van der Waals surface area contributed by atoms with Gasteiger partial charge in [-0.05, 0) is 29.3 Å². The number of carbonyl (C=O) groups excluding carboxylic acids is 1. The maximum atomic E-state index is 13.3. The summed E-state index contributed by atoms with van der Waals surface area (Å²) in [5.74, 6) is 0.630. The maximum absolute atomic E-state index is 13.3. The highest BCUT2D eigenvalue weighted by atomic mass is 32.1. The minimum absolute atomic E-state index is 0.241. The quantitative estimate of drug-likeness (QED) is 0.227. The van der Waals surface area contributed by atoms with Gasteiger partial charge in [0.05, 0.1) is 23.2 Å². The molecule has 0 saturated heterocycles. The lowest BCUT2D eigenvalue weighted by Gasteiger charge is -2.19. The van der Waals surface area contributed by atoms with E-state index in [1.54, 1.807) is 7.11 Å². The lowest BCUT2D eigenvalue weighted by atomic mass is 9.91. The summed E-state index contributed by atoms with van der Waals surface area (Å²) < 4.78 is 6.24. The third kappa shape index (κ3) is 4.89. The largest absolute Gasteiger partial charge is 0.497 e. The molecule has 2 aromatic heterocycles. The Hall–Kier alpha value is -4.70. The van der Waals surface area contributed by atoms with Gasteiger partial charge in [-0.1, -0.05) is 72.0 Å². The number of methoxy groups -OCH3 is 1. The van der Waals surface area contributed by atoms with E-state index in [1.165, 1.54) is 17.7 Å². The molecule has 10 heteroatoms. The molecule has 0 aliphatic rings. The lowest BCUT2D eigenvalue weighted by Crippen LogP contribution is -2.35. The first kappa shape index (κ1) is 23.1. The molecular weight excluding hydrogens is 474 g/mol. The molecule has 1 amide bonds. The van der Waals surface area contributed by atoms with Crippen molar-refractivity contribution in [1.82, 2.24) is 20.4 Å². The van der Waals surface area contributed by atoms with Gasteiger partial charge in [-0.25, -0.2) is 15.0 Å². The van der Waals surface area contributed by atoms with E-state index < -0.39 is 5.92 Å². The predicted octanol–water partition coefficient (Wildman–Crippen LogP) is 4.70. The second-order valence-electron chi connectivity index (χ2n) is 7.83. The molecule has 0 aliphatic heterocycles. The SMILES string of the molecule is COc1ccc2nc(Nc3ncnc(NNC(=O)C(c4ccccc4)c4ccccc4)c3N)sc2c1. The number of fused-ring (bicyclic) bond motifs is 1. The zero-order chi connectivity index (χ0) is 24.9. The molecule has 0 saturated carbocycles. The summed E-state index contributed by atoms with van der Waals surface area (Å²) in [7, 11) is 1.62. The average molecular weight is 498 g/mol. The van der Waals surface area contributed by atoms with Crippen LogP contribution in [0.5, 0.6) is 5.75 Å². The summed E-state index contributed by atoms with van der Waals surface area (Å²) in [6.07, 6.45) is 1.36. The topological polar surface area (TPSA) is 127 Å². The number of hydrogen-bond acceptors (Lipinski definition) is 9. The molecule has 5 rings (SSSR count). The van der Waals surface area contributed by atoms with Crippen LogP contribution in [0.4, 0.5) is 22.5 Å². The van der Waals surface area contributed by atoms with Crippen LogP contribution in [0, 0.1) is 0 Å². The van der Waals surface area contributed by atoms with E-state index in [-0.39, 0.29) is 17.4 Å². The predicted molar refractivity (Wildman–Crippen MR) is 142 cm³/mol. The number of aromatic nitrogens is 3. The first-order chi connectivity index (χ1) is 17.6. The first-order valence-electron chi connectivity index (χ1n) is 11.1. The van der Waals surface area contributed by atoms with E-state index in [0.29, 0.717) is 10.9 Å². The fourth-order valence-electron chi connectivity index (χ4n) is 3.76. The number of thiazole rings is 1. The van der Waals surface area contributed by atoms with Crippen LogP contribution in [0.15, 0.2) is 85.2 Å². The highest BCUT2D eigenvalue weighted by Crippen LogP contribution is 2.33. The van der Waals surface area contributed by atoms with Crippen molar-refractivity contribution >= 4 is 49.9 Å². The number of hydrazine groups is 1. The molecule has 0 spiro atoms. The van der Waals surface area contributed by atoms with Gasteiger partial charge in [-0.2, -0.15) is 0 Å². The van der Waals surface area contributed by atoms with E-state index in [1.807, 2.05) is 78.9 Å². The molecule has 0 aliphatic carbocycles. The highest BCUT2D eigenvalue weighted by molar-refractivity contribution is 7.22. The average Bonchev–Trinajstić information content (AvgIpc) is 3.32. The number of anilines is 4. The number of amides is 1. The Labute approximate surface area is 211 Å². The minimum atomic E-state index is -0.514. The standard InChI is InChI=1S/C26H23N7O2S/c1-35-18-12-13-19-20(14-18)36-26(30-19)31-23-22(27)24(29-15-28-23)32-33-25(34)21(16-8-4-2-5-9-16)17-10-6-3-7-11-17/h2-15,21H,27H2,1H3,(H,33,34)(H2,28,29,30,31,32). The molecule has 9 nitrogen and oxygen atoms in total. The van der Waals surface area contributed by atoms with Crippen LogP contribution < -0.4 is 26.6 Å². The number of nitrogen functional groups attached to an aromatic ring is 1. The maximum Gasteiger partial charge on any atom is 0.250 e. The second-order valence-corrected chi connectivity index (χ2v) is 8.86. The molecule has 0 radical (unpaired) electrons. The molecular formula is C26H23N7O2S. The minimum Gasteiger partial charge on any atom is -0.497 e. The molecule has 0 fully saturated rings. The number of benzene rings is 3. The molecule has 180 valence electrons. The zero-order valence-electron chi connectivity index (χ0n) is 19.3. The number of rotatable bonds is 8. The Morgan fingerprint density at radius 3 is 2.28 bits per heavy atom. The van der Waals surface area contributed by atoms with Gasteiger partial charge in [0.1, 0.15) is 17.8 Å². The number of nitrogens with zero attached hydrogens (tertiary/aromatic N) is 3. The Morgan fingerprint density at radius 1 is 0.944 bits per heavy atom. The van der Waals surface area contributed by atoms with Gasteiger partial charge >= 0.3 is 0 Å². The molecule has 36 heavy (non-hydrogen) atoms. The summed E-state index contributed by atoms with van der Waals surface area (Å²) in [4.78, 5) is 26.3. The molecule has 5 N–H and O–H groups in total. The van der Waals surface area contributed by atoms with Crippen molar-refractivity contribution in [3.63, 3.8) is 0 Å². The van der Waals surface area contributed by atoms with E-state index in [0.717, 1.165) is 27.1 Å². The van der Waals surface area contributed by atoms with Crippen molar-refractivity contribution in [2.45, 2.75) is 5.92 Å². The van der Waals surface area contributed by atoms with Gasteiger partial charge in [0.25, 0.3) is 0 Å². The van der Waals surface area contributed by atoms with Crippen LogP contribution in [-0.2, 0) is 4.79 Å². The van der Waals surface area contributed by atoms with Gasteiger partial charge in [-0.3, -0.25) is 15.6 Å². The van der Waals surface area contributed by atoms with Crippen molar-refractivity contribution < 1.29 is 9.53 Å². The molecule has 5 aromatic rings. The molecule has 2 heterocycles. The van der Waals surface area contributed by atoms with Gasteiger partial charge in [0, 0.05) is 0 Å². The van der Waals surface area contributed by atoms with E-state index in [2.05, 4.69) is 31.1 Å². The van der Waals surface area contributed by atoms with Crippen LogP contribution in [0.25, 0.3) is 10.2 Å². The summed E-state index contributed by atoms with van der Waals surface area (Å²) in [5, 5.41) is 3.76. The summed E-state index contributed by atoms with van der Waals surface area (Å²) in [6, 6.07) is 24.8. The first-order valence-corrected chi connectivity index (χ1v) is 11.9. The third-order valence-corrected chi connectivity index (χ3v) is 6.47. The molecule has 0 atom stereocenters. The van der Waals surface area contributed by atoms with Crippen LogP contribution in [0.1, 0.15) is 17.0 Å². The number of nitrogens with two attached hydrogens (primary N) is 1. The van der Waals surface area contributed by atoms with Crippen molar-refractivity contribution in [2.24, 2.45) is 0 Å². The second kappa shape index (κ2) is 10.3. The number of nitrogens with one attached hydrogen (secondary N) is 3. The summed E-state index contributed by atoms with van der Waals surface area (Å²) in [5.41, 5.74) is 14.7. The third-order valence-electron chi connectivity index (χ3n) is 5.54. The van der Waals surface area contributed by atoms with Crippen molar-refractivity contribution in [3.8, 4) is 5.75 Å². The smallest absolute Gasteiger partial charge is 0.250 e. The van der Waals surface area contributed by atoms with Crippen LogP contribution in [0.3, 0.4) is 0 Å². The monoisotopic (exact) mass is 497 g/mol. The van der Waals surface area contributed by atoms with Crippen LogP contribution in [0.2, 0.25) is 0 Å². The molecule has 0 bridgehead atoms. The van der Waals surface area contributed by atoms with Gasteiger partial charge < -0.3 is 15.8 Å². The fraction of sp³-hybridized carbons (Fsp3) is 0.0769. The van der Waals surface area contributed by atoms with Gasteiger partial charge in [0.2, 0.25) is 5.91 Å². The Bertz CT molecular complexity index is 1450. The van der Waals surface area contributed by atoms with E-state index >= 15 is 0 Å². The van der Waals surface area contributed by atoms with Crippen molar-refractivity contribution in [1.29, 1.82) is 0 Å². The molecule has 3 aromatic carbocycles. The van der Waals surface area contributed by atoms with Crippen LogP contribution >= 0.6 is 11.3 Å². The molecule has 0 unspecified atom stereocenters. The number of carbonyl (C=O) groups is 1. The lowest BCUT2D eigenvalue weighted by molar-refractivity contribution is -0.121. The summed E-state index contributed by atoms with van der Waals surface area (Å²) in [6.45, 7) is 0. The zero-order valence-corrected chi connectivity index (χ0v) is 20.1. The number of hydrogen-bond donors (Lipinski definition) is 4. The van der Waals surface area contributed by atoms with E-state index in [4.69, 9.17) is 10.5 Å². The van der Waals surface area contributed by atoms with E-state index in [9.17, 15) is 4.79 Å². The Balaban J connectivity index is 1.34. The highest BCUT2D eigenvalue weighted by Gasteiger charge is 2.23. The Morgan fingerprint density at radius 2 is 1.61 bits per heavy atom. The number of ether oxygens (including phenoxy) is 1. The normalized spacial score (nSPS) is 10.8. The van der Waals surface area contributed by atoms with Gasteiger partial charge in [-0.15, -0.1) is 0 Å². The van der Waals surface area contributed by atoms with Crippen molar-refractivity contribution in [3.05, 3.63) is 96.3 Å². The summed E-state index contributed by atoms with van der Waals surface area (Å²) >= 11 is 1.45. The fourth-order valence-corrected chi connectivity index (χ4v) is 4.65. The van der Waals surface area contributed by atoms with Crippen LogP contribution in [-0.4, -0.2) is 28.0 Å². The Kier molecular flexibility index (Phi) is 6.59. The van der Waals surface area contributed by atoms with Gasteiger partial charge in [0.15, 0.2) is 16.8 Å². The van der Waals surface area contributed by atoms with Crippen molar-refractivity contribution in [2.75, 3.05) is 23.6 Å².